The first-order chi connectivity index (χ1) is 15.6. The normalized spacial score (nSPS) is 18.0. The van der Waals surface area contributed by atoms with Crippen LogP contribution in [0.1, 0.15) is 53.6 Å². The summed E-state index contributed by atoms with van der Waals surface area (Å²) in [4.78, 5) is 29.3. The van der Waals surface area contributed by atoms with Crippen molar-refractivity contribution in [1.29, 1.82) is 0 Å². The van der Waals surface area contributed by atoms with Crippen LogP contribution < -0.4 is 10.6 Å². The summed E-state index contributed by atoms with van der Waals surface area (Å²) in [5.74, 6) is -0.234. The first-order valence-corrected chi connectivity index (χ1v) is 12.3. The highest BCUT2D eigenvalue weighted by atomic mass is 32.2. The highest BCUT2D eigenvalue weighted by molar-refractivity contribution is 8.04. The molecule has 2 aromatic rings. The van der Waals surface area contributed by atoms with Crippen molar-refractivity contribution in [2.45, 2.75) is 43.9 Å². The molecule has 32 heavy (non-hydrogen) atoms. The smallest absolute Gasteiger partial charge is 0.262 e. The lowest BCUT2D eigenvalue weighted by Crippen LogP contribution is -2.30. The van der Waals surface area contributed by atoms with Gasteiger partial charge in [0.2, 0.25) is 0 Å². The van der Waals surface area contributed by atoms with Crippen molar-refractivity contribution in [2.75, 3.05) is 31.5 Å². The van der Waals surface area contributed by atoms with E-state index in [2.05, 4.69) is 15.5 Å². The zero-order valence-corrected chi connectivity index (χ0v) is 19.5. The molecule has 0 aliphatic carbocycles. The Labute approximate surface area is 194 Å². The van der Waals surface area contributed by atoms with Crippen LogP contribution in [0.2, 0.25) is 0 Å². The van der Waals surface area contributed by atoms with E-state index in [9.17, 15) is 9.59 Å². The number of nitrogens with one attached hydrogen (secondary N) is 2. The Morgan fingerprint density at radius 2 is 1.84 bits per heavy atom. The Bertz CT molecular complexity index is 993. The number of carbonyl (C=O) groups excluding carboxylic acids is 2. The van der Waals surface area contributed by atoms with Crippen LogP contribution in [0.15, 0.2) is 52.3 Å². The molecule has 0 atom stereocenters. The Morgan fingerprint density at radius 1 is 1.09 bits per heavy atom. The molecule has 2 amide bonds. The molecule has 1 fully saturated rings. The predicted octanol–water partition coefficient (Wildman–Crippen LogP) is 5.08. The number of hydrogen-bond acceptors (Lipinski definition) is 4. The van der Waals surface area contributed by atoms with Gasteiger partial charge in [-0.25, -0.2) is 0 Å². The number of rotatable bonds is 6. The summed E-state index contributed by atoms with van der Waals surface area (Å²) in [7, 11) is 0. The van der Waals surface area contributed by atoms with Crippen molar-refractivity contribution >= 4 is 35.3 Å². The van der Waals surface area contributed by atoms with Crippen molar-refractivity contribution in [2.24, 2.45) is 0 Å². The second kappa shape index (κ2) is 10.8. The largest absolute Gasteiger partial charge is 0.352 e. The minimum atomic E-state index is -0.141. The standard InChI is InChI=1S/C26H31N3O2S/c1-19-7-9-20(10-8-19)17-24-26(31)28-22-18-21(11-12-23(22)32-24)25(30)27-13-6-16-29-14-4-2-3-5-15-29/h7-12,17-18H,2-6,13-16H2,1H3,(H,27,30)(H,28,31)/b24-17+. The van der Waals surface area contributed by atoms with Gasteiger partial charge in [0.05, 0.1) is 10.6 Å². The second-order valence-corrected chi connectivity index (χ2v) is 9.64. The number of thioether (sulfide) groups is 1. The molecule has 0 spiro atoms. The molecule has 2 heterocycles. The highest BCUT2D eigenvalue weighted by Crippen LogP contribution is 2.39. The number of carbonyl (C=O) groups is 2. The fraction of sp³-hybridized carbons (Fsp3) is 0.385. The molecule has 0 bridgehead atoms. The summed E-state index contributed by atoms with van der Waals surface area (Å²) in [6.07, 6.45) is 8.09. The molecular weight excluding hydrogens is 418 g/mol. The van der Waals surface area contributed by atoms with Crippen LogP contribution in [0.3, 0.4) is 0 Å². The van der Waals surface area contributed by atoms with E-state index in [1.54, 1.807) is 6.07 Å². The van der Waals surface area contributed by atoms with Crippen LogP contribution >= 0.6 is 11.8 Å². The van der Waals surface area contributed by atoms with Crippen LogP contribution in [0.4, 0.5) is 5.69 Å². The van der Waals surface area contributed by atoms with E-state index < -0.39 is 0 Å². The van der Waals surface area contributed by atoms with Gasteiger partial charge in [-0.05, 0) is 75.7 Å². The Hall–Kier alpha value is -2.57. The number of nitrogens with zero attached hydrogens (tertiary/aromatic N) is 1. The van der Waals surface area contributed by atoms with Gasteiger partial charge in [0.1, 0.15) is 0 Å². The third kappa shape index (κ3) is 6.02. The number of likely N-dealkylation sites (tertiary alicyclic amines) is 1. The van der Waals surface area contributed by atoms with Gasteiger partial charge in [0.15, 0.2) is 0 Å². The fourth-order valence-electron chi connectivity index (χ4n) is 4.08. The molecule has 0 unspecified atom stereocenters. The monoisotopic (exact) mass is 449 g/mol. The summed E-state index contributed by atoms with van der Waals surface area (Å²) < 4.78 is 0. The van der Waals surface area contributed by atoms with Gasteiger partial charge in [-0.2, -0.15) is 0 Å². The summed E-state index contributed by atoms with van der Waals surface area (Å²) >= 11 is 1.44. The highest BCUT2D eigenvalue weighted by Gasteiger charge is 2.22. The minimum absolute atomic E-state index is 0.0936. The average molecular weight is 450 g/mol. The quantitative estimate of drug-likeness (QED) is 0.477. The topological polar surface area (TPSA) is 61.4 Å². The molecular formula is C26H31N3O2S. The molecule has 2 aromatic carbocycles. The van der Waals surface area contributed by atoms with Crippen molar-refractivity contribution in [3.63, 3.8) is 0 Å². The van der Waals surface area contributed by atoms with Gasteiger partial charge in [-0.15, -0.1) is 0 Å². The summed E-state index contributed by atoms with van der Waals surface area (Å²) in [5, 5.41) is 5.96. The molecule has 4 rings (SSSR count). The minimum Gasteiger partial charge on any atom is -0.352 e. The first kappa shape index (κ1) is 22.6. The maximum absolute atomic E-state index is 12.6. The number of aryl methyl sites for hydroxylation is 1. The molecule has 168 valence electrons. The van der Waals surface area contributed by atoms with Crippen LogP contribution in [-0.4, -0.2) is 42.9 Å². The summed E-state index contributed by atoms with van der Waals surface area (Å²) in [5.41, 5.74) is 3.45. The van der Waals surface area contributed by atoms with Gasteiger partial charge in [-0.3, -0.25) is 9.59 Å². The molecule has 0 saturated carbocycles. The first-order valence-electron chi connectivity index (χ1n) is 11.5. The lowest BCUT2D eigenvalue weighted by atomic mass is 10.1. The van der Waals surface area contributed by atoms with E-state index in [1.807, 2.05) is 49.4 Å². The summed E-state index contributed by atoms with van der Waals surface area (Å²) in [6.45, 7) is 6.09. The molecule has 1 saturated heterocycles. The molecule has 0 aromatic heterocycles. The number of amides is 2. The van der Waals surface area contributed by atoms with Crippen molar-refractivity contribution in [3.8, 4) is 0 Å². The number of anilines is 1. The molecule has 2 aliphatic heterocycles. The SMILES string of the molecule is Cc1ccc(/C=C2/Sc3ccc(C(=O)NCCCN4CCCCCC4)cc3NC2=O)cc1. The van der Waals surface area contributed by atoms with Gasteiger partial charge in [-0.1, -0.05) is 54.4 Å². The number of benzene rings is 2. The summed E-state index contributed by atoms with van der Waals surface area (Å²) in [6, 6.07) is 13.6. The number of hydrogen-bond donors (Lipinski definition) is 2. The van der Waals surface area contributed by atoms with E-state index in [4.69, 9.17) is 0 Å². The second-order valence-electron chi connectivity index (χ2n) is 8.55. The van der Waals surface area contributed by atoms with E-state index in [1.165, 1.54) is 56.1 Å². The predicted molar refractivity (Wildman–Crippen MR) is 132 cm³/mol. The lowest BCUT2D eigenvalue weighted by Gasteiger charge is -2.20. The van der Waals surface area contributed by atoms with Crippen LogP contribution in [0, 0.1) is 6.92 Å². The molecule has 5 nitrogen and oxygen atoms in total. The fourth-order valence-corrected chi connectivity index (χ4v) is 5.01. The van der Waals surface area contributed by atoms with E-state index in [-0.39, 0.29) is 11.8 Å². The Balaban J connectivity index is 1.32. The molecule has 2 N–H and O–H groups in total. The molecule has 6 heteroatoms. The van der Waals surface area contributed by atoms with Crippen LogP contribution in [-0.2, 0) is 4.79 Å². The van der Waals surface area contributed by atoms with Crippen LogP contribution in [0.25, 0.3) is 6.08 Å². The van der Waals surface area contributed by atoms with E-state index in [0.29, 0.717) is 22.7 Å². The van der Waals surface area contributed by atoms with Gasteiger partial charge < -0.3 is 15.5 Å². The molecule has 0 radical (unpaired) electrons. The third-order valence-corrected chi connectivity index (χ3v) is 7.04. The van der Waals surface area contributed by atoms with Crippen molar-refractivity contribution in [1.82, 2.24) is 10.2 Å². The third-order valence-electron chi connectivity index (χ3n) is 5.94. The Morgan fingerprint density at radius 3 is 2.59 bits per heavy atom. The zero-order chi connectivity index (χ0) is 22.3. The van der Waals surface area contributed by atoms with E-state index >= 15 is 0 Å². The van der Waals surface area contributed by atoms with Crippen molar-refractivity contribution < 1.29 is 9.59 Å². The average Bonchev–Trinajstić information content (AvgIpc) is 3.07. The maximum Gasteiger partial charge on any atom is 0.262 e. The van der Waals surface area contributed by atoms with E-state index in [0.717, 1.165) is 23.4 Å². The Kier molecular flexibility index (Phi) is 7.66. The maximum atomic E-state index is 12.6. The van der Waals surface area contributed by atoms with Crippen LogP contribution in [0.5, 0.6) is 0 Å². The van der Waals surface area contributed by atoms with Crippen molar-refractivity contribution in [3.05, 3.63) is 64.1 Å². The number of fused-ring (bicyclic) bond motifs is 1. The van der Waals surface area contributed by atoms with Gasteiger partial charge in [0, 0.05) is 17.0 Å². The molecule has 2 aliphatic rings. The zero-order valence-electron chi connectivity index (χ0n) is 18.7. The lowest BCUT2D eigenvalue weighted by molar-refractivity contribution is -0.112. The van der Waals surface area contributed by atoms with Gasteiger partial charge in [0.25, 0.3) is 11.8 Å². The van der Waals surface area contributed by atoms with Gasteiger partial charge >= 0.3 is 0 Å².